The number of carbonyl (C=O) groups is 1. The number of epoxide rings is 1. The van der Waals surface area contributed by atoms with Crippen molar-refractivity contribution in [2.75, 3.05) is 25.2 Å². The summed E-state index contributed by atoms with van der Waals surface area (Å²) in [4.78, 5) is 13.3. The number of carbonyl (C=O) groups excluding carboxylic acids is 1. The maximum absolute atomic E-state index is 11.6. The molecule has 0 radical (unpaired) electrons. The lowest BCUT2D eigenvalue weighted by Gasteiger charge is -2.27. The van der Waals surface area contributed by atoms with E-state index in [1.165, 1.54) is 0 Å². The van der Waals surface area contributed by atoms with Gasteiger partial charge in [0.25, 0.3) is 0 Å². The van der Waals surface area contributed by atoms with Crippen LogP contribution in [-0.2, 0) is 16.0 Å². The molecule has 0 bridgehead atoms. The number of amides is 1. The van der Waals surface area contributed by atoms with Crippen LogP contribution in [0.25, 0.3) is 0 Å². The quantitative estimate of drug-likeness (QED) is 0.740. The van der Waals surface area contributed by atoms with Crippen LogP contribution in [0.1, 0.15) is 12.0 Å². The summed E-state index contributed by atoms with van der Waals surface area (Å²) in [5.41, 5.74) is 2.10. The summed E-state index contributed by atoms with van der Waals surface area (Å²) < 4.78 is 10.9. The molecule has 0 saturated carbocycles. The molecule has 2 aliphatic heterocycles. The maximum Gasteiger partial charge on any atom is 0.227 e. The van der Waals surface area contributed by atoms with Gasteiger partial charge in [0.1, 0.15) is 18.5 Å². The lowest BCUT2D eigenvalue weighted by atomic mass is 10.0. The number of anilines is 1. The zero-order valence-electron chi connectivity index (χ0n) is 9.81. The van der Waals surface area contributed by atoms with Crippen LogP contribution in [0.15, 0.2) is 18.2 Å². The van der Waals surface area contributed by atoms with Crippen LogP contribution in [0, 0.1) is 0 Å². The van der Waals surface area contributed by atoms with E-state index in [-0.39, 0.29) is 12.0 Å². The van der Waals surface area contributed by atoms with Crippen molar-refractivity contribution in [3.63, 3.8) is 0 Å². The van der Waals surface area contributed by atoms with Gasteiger partial charge in [-0.15, -0.1) is 0 Å². The maximum atomic E-state index is 11.6. The molecule has 2 heterocycles. The van der Waals surface area contributed by atoms with E-state index in [9.17, 15) is 4.79 Å². The van der Waals surface area contributed by atoms with Gasteiger partial charge in [-0.1, -0.05) is 6.07 Å². The summed E-state index contributed by atoms with van der Waals surface area (Å²) in [5, 5.41) is 0. The Hall–Kier alpha value is -1.55. The first-order chi connectivity index (χ1) is 8.25. The summed E-state index contributed by atoms with van der Waals surface area (Å²) >= 11 is 0. The molecule has 0 aliphatic carbocycles. The molecular weight excluding hydrogens is 218 g/mol. The van der Waals surface area contributed by atoms with Gasteiger partial charge in [0.15, 0.2) is 0 Å². The van der Waals surface area contributed by atoms with Crippen LogP contribution in [-0.4, -0.2) is 32.3 Å². The molecule has 1 fully saturated rings. The largest absolute Gasteiger partial charge is 0.490 e. The average molecular weight is 233 g/mol. The average Bonchev–Trinajstić information content (AvgIpc) is 3.15. The third-order valence-corrected chi connectivity index (χ3v) is 3.26. The van der Waals surface area contributed by atoms with Crippen molar-refractivity contribution in [3.8, 4) is 5.75 Å². The van der Waals surface area contributed by atoms with Gasteiger partial charge in [0, 0.05) is 19.0 Å². The SMILES string of the molecule is CN1C(=O)CCc2c(OCC3CO3)cccc21. The van der Waals surface area contributed by atoms with Crippen LogP contribution in [0.5, 0.6) is 5.75 Å². The fraction of sp³-hybridized carbons (Fsp3) is 0.462. The molecule has 1 atom stereocenters. The fourth-order valence-corrected chi connectivity index (χ4v) is 2.14. The number of rotatable bonds is 3. The van der Waals surface area contributed by atoms with E-state index in [1.54, 1.807) is 4.90 Å². The Morgan fingerprint density at radius 1 is 1.47 bits per heavy atom. The van der Waals surface area contributed by atoms with Gasteiger partial charge in [0.2, 0.25) is 5.91 Å². The molecule has 17 heavy (non-hydrogen) atoms. The predicted octanol–water partition coefficient (Wildman–Crippen LogP) is 1.37. The summed E-state index contributed by atoms with van der Waals surface area (Å²) in [5.74, 6) is 1.05. The minimum Gasteiger partial charge on any atom is -0.490 e. The van der Waals surface area contributed by atoms with Gasteiger partial charge >= 0.3 is 0 Å². The van der Waals surface area contributed by atoms with Crippen molar-refractivity contribution < 1.29 is 14.3 Å². The van der Waals surface area contributed by atoms with Crippen molar-refractivity contribution in [2.24, 2.45) is 0 Å². The molecule has 1 aromatic carbocycles. The van der Waals surface area contributed by atoms with Crippen molar-refractivity contribution in [3.05, 3.63) is 23.8 Å². The van der Waals surface area contributed by atoms with Gasteiger partial charge in [-0.05, 0) is 18.6 Å². The third-order valence-electron chi connectivity index (χ3n) is 3.26. The van der Waals surface area contributed by atoms with Crippen molar-refractivity contribution >= 4 is 11.6 Å². The van der Waals surface area contributed by atoms with Gasteiger partial charge in [0.05, 0.1) is 12.3 Å². The molecule has 1 amide bonds. The molecule has 1 aromatic rings. The van der Waals surface area contributed by atoms with Gasteiger partial charge < -0.3 is 14.4 Å². The number of ether oxygens (including phenoxy) is 2. The van der Waals surface area contributed by atoms with Crippen LogP contribution in [0.2, 0.25) is 0 Å². The first kappa shape index (κ1) is 10.6. The second-order valence-electron chi connectivity index (χ2n) is 4.47. The standard InChI is InChI=1S/C13H15NO3/c1-14-11-3-2-4-12(17-8-9-7-16-9)10(11)5-6-13(14)15/h2-4,9H,5-8H2,1H3. The second-order valence-corrected chi connectivity index (χ2v) is 4.47. The molecule has 0 N–H and O–H groups in total. The predicted molar refractivity (Wildman–Crippen MR) is 63.4 cm³/mol. The third kappa shape index (κ3) is 2.00. The van der Waals surface area contributed by atoms with Gasteiger partial charge in [-0.3, -0.25) is 4.79 Å². The fourth-order valence-electron chi connectivity index (χ4n) is 2.14. The van der Waals surface area contributed by atoms with Crippen molar-refractivity contribution in [1.29, 1.82) is 0 Å². The van der Waals surface area contributed by atoms with E-state index < -0.39 is 0 Å². The van der Waals surface area contributed by atoms with Crippen LogP contribution < -0.4 is 9.64 Å². The van der Waals surface area contributed by atoms with Crippen molar-refractivity contribution in [1.82, 2.24) is 0 Å². The number of hydrogen-bond acceptors (Lipinski definition) is 3. The van der Waals surface area contributed by atoms with Crippen molar-refractivity contribution in [2.45, 2.75) is 18.9 Å². The lowest BCUT2D eigenvalue weighted by Crippen LogP contribution is -2.31. The molecule has 4 heteroatoms. The summed E-state index contributed by atoms with van der Waals surface area (Å²) in [7, 11) is 1.81. The number of fused-ring (bicyclic) bond motifs is 1. The van der Waals surface area contributed by atoms with Crippen LogP contribution >= 0.6 is 0 Å². The van der Waals surface area contributed by atoms with Crippen LogP contribution in [0.4, 0.5) is 5.69 Å². The van der Waals surface area contributed by atoms with E-state index >= 15 is 0 Å². The molecule has 0 spiro atoms. The molecular formula is C13H15NO3. The Bertz CT molecular complexity index is 454. The van der Waals surface area contributed by atoms with E-state index in [1.807, 2.05) is 25.2 Å². The molecule has 4 nitrogen and oxygen atoms in total. The number of nitrogens with zero attached hydrogens (tertiary/aromatic N) is 1. The Morgan fingerprint density at radius 2 is 2.29 bits per heavy atom. The van der Waals surface area contributed by atoms with E-state index in [2.05, 4.69) is 0 Å². The Balaban J connectivity index is 1.86. The topological polar surface area (TPSA) is 42.1 Å². The van der Waals surface area contributed by atoms with Crippen LogP contribution in [0.3, 0.4) is 0 Å². The molecule has 0 aromatic heterocycles. The Labute approximate surface area is 100 Å². The summed E-state index contributed by atoms with van der Waals surface area (Å²) in [6.45, 7) is 1.40. The molecule has 2 aliphatic rings. The number of benzene rings is 1. The molecule has 90 valence electrons. The number of hydrogen-bond donors (Lipinski definition) is 0. The van der Waals surface area contributed by atoms with Gasteiger partial charge in [-0.25, -0.2) is 0 Å². The zero-order valence-corrected chi connectivity index (χ0v) is 9.81. The first-order valence-electron chi connectivity index (χ1n) is 5.88. The minimum atomic E-state index is 0.167. The highest BCUT2D eigenvalue weighted by atomic mass is 16.6. The van der Waals surface area contributed by atoms with Gasteiger partial charge in [-0.2, -0.15) is 0 Å². The second kappa shape index (κ2) is 4.04. The first-order valence-corrected chi connectivity index (χ1v) is 5.88. The van der Waals surface area contributed by atoms with E-state index in [4.69, 9.17) is 9.47 Å². The van der Waals surface area contributed by atoms with E-state index in [0.717, 1.165) is 30.0 Å². The highest BCUT2D eigenvalue weighted by Gasteiger charge is 2.26. The highest BCUT2D eigenvalue weighted by molar-refractivity contribution is 5.96. The normalized spacial score (nSPS) is 22.3. The Morgan fingerprint density at radius 3 is 3.06 bits per heavy atom. The Kier molecular flexibility index (Phi) is 2.52. The lowest BCUT2D eigenvalue weighted by molar-refractivity contribution is -0.118. The van der Waals surface area contributed by atoms with E-state index in [0.29, 0.717) is 13.0 Å². The zero-order chi connectivity index (χ0) is 11.8. The molecule has 1 saturated heterocycles. The molecule has 3 rings (SSSR count). The highest BCUT2D eigenvalue weighted by Crippen LogP contribution is 2.34. The smallest absolute Gasteiger partial charge is 0.227 e. The molecule has 1 unspecified atom stereocenters. The summed E-state index contributed by atoms with van der Waals surface area (Å²) in [6.07, 6.45) is 1.58. The minimum absolute atomic E-state index is 0.167. The summed E-state index contributed by atoms with van der Waals surface area (Å²) in [6, 6.07) is 5.86. The monoisotopic (exact) mass is 233 g/mol.